The zero-order valence-electron chi connectivity index (χ0n) is 15.0. The monoisotopic (exact) mass is 389 g/mol. The van der Waals surface area contributed by atoms with Crippen molar-refractivity contribution < 1.29 is 14.4 Å². The van der Waals surface area contributed by atoms with E-state index in [1.54, 1.807) is 28.9 Å². The summed E-state index contributed by atoms with van der Waals surface area (Å²) in [5.41, 5.74) is 7.08. The maximum atomic E-state index is 12.3. The number of anilines is 1. The number of hydrazine groups is 1. The van der Waals surface area contributed by atoms with Crippen LogP contribution in [0.15, 0.2) is 30.3 Å². The van der Waals surface area contributed by atoms with Gasteiger partial charge in [-0.05, 0) is 38.1 Å². The summed E-state index contributed by atoms with van der Waals surface area (Å²) < 4.78 is 1.55. The Morgan fingerprint density at radius 1 is 1.26 bits per heavy atom. The van der Waals surface area contributed by atoms with Crippen LogP contribution in [-0.2, 0) is 20.9 Å². The molecule has 0 aliphatic carbocycles. The van der Waals surface area contributed by atoms with Gasteiger partial charge in [-0.15, -0.1) is 0 Å². The fraction of sp³-hybridized carbons (Fsp3) is 0.333. The lowest BCUT2D eigenvalue weighted by molar-refractivity contribution is -0.131. The Bertz CT molecular complexity index is 895. The fourth-order valence-electron chi connectivity index (χ4n) is 3.02. The van der Waals surface area contributed by atoms with Gasteiger partial charge in [0.15, 0.2) is 0 Å². The van der Waals surface area contributed by atoms with Crippen LogP contribution in [-0.4, -0.2) is 34.0 Å². The quantitative estimate of drug-likeness (QED) is 0.771. The molecule has 2 N–H and O–H groups in total. The number of halogens is 1. The van der Waals surface area contributed by atoms with Gasteiger partial charge in [0.05, 0.1) is 11.6 Å². The number of nitrogens with zero attached hydrogens (tertiary/aromatic N) is 3. The van der Waals surface area contributed by atoms with Crippen molar-refractivity contribution in [1.29, 1.82) is 0 Å². The van der Waals surface area contributed by atoms with Gasteiger partial charge < -0.3 is 4.90 Å². The standard InChI is InChI=1S/C18H20ClN5O3/c1-11-6-12(2)24(22-11)10-16(25)20-21-18(27)13-7-17(26)23(9-13)15-5-3-4-14(19)8-15/h3-6,8,13H,7,9-10H2,1-2H3,(H,20,25)(H,21,27). The van der Waals surface area contributed by atoms with Gasteiger partial charge >= 0.3 is 0 Å². The van der Waals surface area contributed by atoms with Gasteiger partial charge in [0, 0.05) is 29.4 Å². The third-order valence-electron chi connectivity index (χ3n) is 4.34. The molecule has 0 radical (unpaired) electrons. The number of benzene rings is 1. The third kappa shape index (κ3) is 4.46. The molecule has 0 saturated carbocycles. The summed E-state index contributed by atoms with van der Waals surface area (Å²) in [6, 6.07) is 8.77. The van der Waals surface area contributed by atoms with E-state index in [0.717, 1.165) is 11.4 Å². The van der Waals surface area contributed by atoms with Crippen LogP contribution in [0.5, 0.6) is 0 Å². The molecule has 1 saturated heterocycles. The molecule has 2 heterocycles. The first-order chi connectivity index (χ1) is 12.8. The van der Waals surface area contributed by atoms with Crippen LogP contribution < -0.4 is 15.8 Å². The van der Waals surface area contributed by atoms with Gasteiger partial charge in [0.1, 0.15) is 6.54 Å². The van der Waals surface area contributed by atoms with Crippen molar-refractivity contribution in [3.8, 4) is 0 Å². The average Bonchev–Trinajstić information content (AvgIpc) is 3.15. The van der Waals surface area contributed by atoms with Crippen LogP contribution in [0.3, 0.4) is 0 Å². The van der Waals surface area contributed by atoms with Gasteiger partial charge in [0.2, 0.25) is 11.8 Å². The maximum absolute atomic E-state index is 12.3. The smallest absolute Gasteiger partial charge is 0.260 e. The number of rotatable bonds is 4. The number of amides is 3. The van der Waals surface area contributed by atoms with E-state index in [-0.39, 0.29) is 25.4 Å². The van der Waals surface area contributed by atoms with Gasteiger partial charge in [-0.1, -0.05) is 17.7 Å². The molecule has 1 unspecified atom stereocenters. The van der Waals surface area contributed by atoms with E-state index >= 15 is 0 Å². The van der Waals surface area contributed by atoms with E-state index in [1.807, 2.05) is 19.9 Å². The molecule has 3 amide bonds. The van der Waals surface area contributed by atoms with Crippen LogP contribution >= 0.6 is 11.6 Å². The molecule has 1 aromatic carbocycles. The highest BCUT2D eigenvalue weighted by atomic mass is 35.5. The molecule has 1 aliphatic rings. The van der Waals surface area contributed by atoms with E-state index in [4.69, 9.17) is 11.6 Å². The number of carbonyl (C=O) groups excluding carboxylic acids is 3. The van der Waals surface area contributed by atoms with Gasteiger partial charge in [-0.25, -0.2) is 0 Å². The highest BCUT2D eigenvalue weighted by molar-refractivity contribution is 6.31. The zero-order chi connectivity index (χ0) is 19.6. The lowest BCUT2D eigenvalue weighted by Gasteiger charge is -2.17. The van der Waals surface area contributed by atoms with E-state index in [0.29, 0.717) is 10.7 Å². The van der Waals surface area contributed by atoms with Crippen molar-refractivity contribution >= 4 is 35.0 Å². The van der Waals surface area contributed by atoms with E-state index < -0.39 is 17.7 Å². The third-order valence-corrected chi connectivity index (χ3v) is 4.57. The molecule has 8 nitrogen and oxygen atoms in total. The number of nitrogens with one attached hydrogen (secondary N) is 2. The van der Waals surface area contributed by atoms with Gasteiger partial charge in [0.25, 0.3) is 5.91 Å². The Morgan fingerprint density at radius 2 is 2.04 bits per heavy atom. The maximum Gasteiger partial charge on any atom is 0.260 e. The van der Waals surface area contributed by atoms with Crippen molar-refractivity contribution in [3.05, 3.63) is 46.7 Å². The van der Waals surface area contributed by atoms with Crippen molar-refractivity contribution in [2.24, 2.45) is 5.92 Å². The van der Waals surface area contributed by atoms with Crippen LogP contribution in [0.4, 0.5) is 5.69 Å². The number of aromatic nitrogens is 2. The largest absolute Gasteiger partial charge is 0.312 e. The van der Waals surface area contributed by atoms with Gasteiger partial charge in [-0.2, -0.15) is 5.10 Å². The van der Waals surface area contributed by atoms with Crippen LogP contribution in [0.2, 0.25) is 5.02 Å². The van der Waals surface area contributed by atoms with Crippen LogP contribution in [0.25, 0.3) is 0 Å². The SMILES string of the molecule is Cc1cc(C)n(CC(=O)NNC(=O)C2CC(=O)N(c3cccc(Cl)c3)C2)n1. The van der Waals surface area contributed by atoms with Gasteiger partial charge in [-0.3, -0.25) is 29.9 Å². The molecule has 3 rings (SSSR count). The Morgan fingerprint density at radius 3 is 2.70 bits per heavy atom. The van der Waals surface area contributed by atoms with Crippen molar-refractivity contribution in [1.82, 2.24) is 20.6 Å². The summed E-state index contributed by atoms with van der Waals surface area (Å²) in [6.45, 7) is 3.92. The topological polar surface area (TPSA) is 96.3 Å². The van der Waals surface area contributed by atoms with Crippen LogP contribution in [0.1, 0.15) is 17.8 Å². The summed E-state index contributed by atoms with van der Waals surface area (Å²) in [5, 5.41) is 4.71. The zero-order valence-corrected chi connectivity index (χ0v) is 15.8. The highest BCUT2D eigenvalue weighted by Crippen LogP contribution is 2.27. The predicted octanol–water partition coefficient (Wildman–Crippen LogP) is 1.35. The Balaban J connectivity index is 1.53. The molecule has 1 aliphatic heterocycles. The minimum Gasteiger partial charge on any atom is -0.312 e. The second kappa shape index (κ2) is 7.79. The first-order valence-corrected chi connectivity index (χ1v) is 8.87. The molecule has 1 atom stereocenters. The first-order valence-electron chi connectivity index (χ1n) is 8.49. The average molecular weight is 390 g/mol. The molecular weight excluding hydrogens is 370 g/mol. The number of carbonyl (C=O) groups is 3. The summed E-state index contributed by atoms with van der Waals surface area (Å²) in [4.78, 5) is 38.1. The minimum atomic E-state index is -0.550. The second-order valence-electron chi connectivity index (χ2n) is 6.51. The molecule has 142 valence electrons. The second-order valence-corrected chi connectivity index (χ2v) is 6.94. The molecule has 0 spiro atoms. The Labute approximate surface area is 161 Å². The van der Waals surface area contributed by atoms with Crippen molar-refractivity contribution in [2.75, 3.05) is 11.4 Å². The highest BCUT2D eigenvalue weighted by Gasteiger charge is 2.35. The lowest BCUT2D eigenvalue weighted by atomic mass is 10.1. The number of hydrogen-bond acceptors (Lipinski definition) is 4. The number of aryl methyl sites for hydroxylation is 2. The normalized spacial score (nSPS) is 16.5. The lowest BCUT2D eigenvalue weighted by Crippen LogP contribution is -2.46. The molecule has 27 heavy (non-hydrogen) atoms. The van der Waals surface area contributed by atoms with Crippen molar-refractivity contribution in [3.63, 3.8) is 0 Å². The summed E-state index contributed by atoms with van der Waals surface area (Å²) in [5.74, 6) is -1.52. The summed E-state index contributed by atoms with van der Waals surface area (Å²) >= 11 is 5.96. The molecular formula is C18H20ClN5O3. The molecule has 9 heteroatoms. The summed E-state index contributed by atoms with van der Waals surface area (Å²) in [7, 11) is 0. The Kier molecular flexibility index (Phi) is 5.46. The fourth-order valence-corrected chi connectivity index (χ4v) is 3.21. The van der Waals surface area contributed by atoms with E-state index in [2.05, 4.69) is 16.0 Å². The molecule has 1 aromatic heterocycles. The van der Waals surface area contributed by atoms with E-state index in [1.165, 1.54) is 4.90 Å². The molecule has 2 aromatic rings. The first kappa shape index (κ1) is 18.9. The predicted molar refractivity (Wildman–Crippen MR) is 99.9 cm³/mol. The summed E-state index contributed by atoms with van der Waals surface area (Å²) in [6.07, 6.45) is 0.0751. The molecule has 1 fully saturated rings. The minimum absolute atomic E-state index is 0.00180. The van der Waals surface area contributed by atoms with E-state index in [9.17, 15) is 14.4 Å². The Hall–Kier alpha value is -2.87. The van der Waals surface area contributed by atoms with Crippen molar-refractivity contribution in [2.45, 2.75) is 26.8 Å². The number of hydrogen-bond donors (Lipinski definition) is 2. The molecule has 0 bridgehead atoms. The van der Waals surface area contributed by atoms with Crippen LogP contribution in [0, 0.1) is 19.8 Å².